The van der Waals surface area contributed by atoms with Gasteiger partial charge in [-0.1, -0.05) is 0 Å². The molecule has 0 radical (unpaired) electrons. The minimum absolute atomic E-state index is 0.157. The zero-order valence-electron chi connectivity index (χ0n) is 8.19. The number of hydrogen-bond acceptors (Lipinski definition) is 3. The van der Waals surface area contributed by atoms with E-state index >= 15 is 0 Å². The number of rotatable bonds is 1. The van der Waals surface area contributed by atoms with Crippen molar-refractivity contribution in [2.45, 2.75) is 37.5 Å². The van der Waals surface area contributed by atoms with E-state index < -0.39 is 0 Å². The molecule has 1 saturated carbocycles. The lowest BCUT2D eigenvalue weighted by atomic mass is 9.71. The Morgan fingerprint density at radius 1 is 1.50 bits per heavy atom. The van der Waals surface area contributed by atoms with E-state index in [0.29, 0.717) is 12.3 Å². The monoisotopic (exact) mass is 196 g/mol. The molecule has 4 nitrogen and oxygen atoms in total. The van der Waals surface area contributed by atoms with Crippen LogP contribution in [0.3, 0.4) is 0 Å². The second-order valence-corrected chi connectivity index (χ2v) is 4.55. The Morgan fingerprint density at radius 3 is 3.07 bits per heavy atom. The summed E-state index contributed by atoms with van der Waals surface area (Å²) >= 11 is 0. The molecule has 1 aliphatic carbocycles. The lowest BCUT2D eigenvalue weighted by Crippen LogP contribution is -2.69. The Hall–Kier alpha value is -0.610. The van der Waals surface area contributed by atoms with Crippen molar-refractivity contribution >= 4 is 5.91 Å². The van der Waals surface area contributed by atoms with Crippen molar-refractivity contribution in [1.29, 1.82) is 0 Å². The van der Waals surface area contributed by atoms with Crippen molar-refractivity contribution in [3.8, 4) is 0 Å². The number of carbonyl (C=O) groups is 1. The van der Waals surface area contributed by atoms with Crippen molar-refractivity contribution < 1.29 is 9.53 Å². The van der Waals surface area contributed by atoms with Gasteiger partial charge in [0, 0.05) is 31.5 Å². The molecule has 3 aliphatic rings. The first-order valence-electron chi connectivity index (χ1n) is 5.46. The third-order valence-corrected chi connectivity index (χ3v) is 3.88. The predicted molar refractivity (Wildman–Crippen MR) is 50.6 cm³/mol. The number of nitrogens with two attached hydrogens (primary N) is 1. The molecule has 4 unspecified atom stereocenters. The lowest BCUT2D eigenvalue weighted by molar-refractivity contribution is -0.140. The predicted octanol–water partition coefficient (Wildman–Crippen LogP) is -0.277. The average Bonchev–Trinajstić information content (AvgIpc) is 2.75. The molecular weight excluding hydrogens is 180 g/mol. The first-order valence-corrected chi connectivity index (χ1v) is 5.46. The number of ether oxygens (including phenoxy) is 1. The quantitative estimate of drug-likeness (QED) is 0.627. The van der Waals surface area contributed by atoms with Gasteiger partial charge < -0.3 is 15.4 Å². The van der Waals surface area contributed by atoms with E-state index in [1.165, 1.54) is 0 Å². The highest BCUT2D eigenvalue weighted by Crippen LogP contribution is 2.41. The molecule has 14 heavy (non-hydrogen) atoms. The van der Waals surface area contributed by atoms with Crippen LogP contribution in [0.2, 0.25) is 0 Å². The van der Waals surface area contributed by atoms with Crippen molar-refractivity contribution in [2.24, 2.45) is 11.7 Å². The topological polar surface area (TPSA) is 55.6 Å². The van der Waals surface area contributed by atoms with E-state index in [1.54, 1.807) is 0 Å². The summed E-state index contributed by atoms with van der Waals surface area (Å²) in [5.74, 6) is 0.771. The molecule has 1 amide bonds. The number of nitrogens with zero attached hydrogens (tertiary/aromatic N) is 1. The Morgan fingerprint density at radius 2 is 2.36 bits per heavy atom. The Labute approximate surface area is 83.4 Å². The van der Waals surface area contributed by atoms with Gasteiger partial charge >= 0.3 is 0 Å². The van der Waals surface area contributed by atoms with Gasteiger partial charge in [-0.15, -0.1) is 0 Å². The van der Waals surface area contributed by atoms with E-state index in [-0.39, 0.29) is 24.1 Å². The summed E-state index contributed by atoms with van der Waals surface area (Å²) in [6.45, 7) is 1.70. The summed E-state index contributed by atoms with van der Waals surface area (Å²) in [4.78, 5) is 13.5. The Bertz CT molecular complexity index is 269. The summed E-state index contributed by atoms with van der Waals surface area (Å²) in [5, 5.41) is 0. The van der Waals surface area contributed by atoms with E-state index in [9.17, 15) is 4.79 Å². The largest absolute Gasteiger partial charge is 0.376 e. The van der Waals surface area contributed by atoms with Crippen molar-refractivity contribution in [3.05, 3.63) is 0 Å². The van der Waals surface area contributed by atoms with Gasteiger partial charge in [0.25, 0.3) is 0 Å². The molecule has 2 heterocycles. The highest BCUT2D eigenvalue weighted by atomic mass is 16.5. The van der Waals surface area contributed by atoms with Crippen molar-refractivity contribution in [2.75, 3.05) is 13.2 Å². The van der Waals surface area contributed by atoms with Crippen LogP contribution >= 0.6 is 0 Å². The highest BCUT2D eigenvalue weighted by molar-refractivity contribution is 5.78. The Balaban J connectivity index is 1.76. The molecule has 2 N–H and O–H groups in total. The first-order chi connectivity index (χ1) is 6.79. The molecule has 2 saturated heterocycles. The Kier molecular flexibility index (Phi) is 1.82. The van der Waals surface area contributed by atoms with Crippen LogP contribution in [0.15, 0.2) is 0 Å². The standard InChI is InChI=1S/C10H16N2O2/c11-8-6-3-5-14-10(6)9(8)12-4-1-2-7(12)13/h6,8-10H,1-5,11H2. The highest BCUT2D eigenvalue weighted by Gasteiger charge is 2.55. The van der Waals surface area contributed by atoms with E-state index in [0.717, 1.165) is 26.0 Å². The smallest absolute Gasteiger partial charge is 0.223 e. The van der Waals surface area contributed by atoms with Crippen LogP contribution in [0.1, 0.15) is 19.3 Å². The molecule has 0 aromatic rings. The minimum Gasteiger partial charge on any atom is -0.376 e. The number of hydrogen-bond donors (Lipinski definition) is 1. The molecule has 4 atom stereocenters. The molecule has 0 aromatic carbocycles. The maximum absolute atomic E-state index is 11.6. The molecule has 4 heteroatoms. The van der Waals surface area contributed by atoms with Gasteiger partial charge in [0.15, 0.2) is 0 Å². The van der Waals surface area contributed by atoms with E-state index in [2.05, 4.69) is 0 Å². The van der Waals surface area contributed by atoms with Crippen LogP contribution in [0, 0.1) is 5.92 Å². The molecule has 0 bridgehead atoms. The van der Waals surface area contributed by atoms with E-state index in [4.69, 9.17) is 10.5 Å². The molecule has 2 aliphatic heterocycles. The van der Waals surface area contributed by atoms with Crippen LogP contribution in [-0.2, 0) is 9.53 Å². The maximum atomic E-state index is 11.6. The molecule has 0 spiro atoms. The first kappa shape index (κ1) is 8.68. The number of carbonyl (C=O) groups excluding carboxylic acids is 1. The van der Waals surface area contributed by atoms with Crippen LogP contribution in [0.25, 0.3) is 0 Å². The SMILES string of the molecule is NC1C2CCOC2C1N1CCCC1=O. The molecule has 78 valence electrons. The average molecular weight is 196 g/mol. The van der Waals surface area contributed by atoms with Crippen molar-refractivity contribution in [3.63, 3.8) is 0 Å². The number of fused-ring (bicyclic) bond motifs is 1. The third-order valence-electron chi connectivity index (χ3n) is 3.88. The number of likely N-dealkylation sites (tertiary alicyclic amines) is 1. The summed E-state index contributed by atoms with van der Waals surface area (Å²) in [5.41, 5.74) is 6.08. The summed E-state index contributed by atoms with van der Waals surface area (Å²) in [6.07, 6.45) is 3.00. The fourth-order valence-corrected chi connectivity index (χ4v) is 3.09. The van der Waals surface area contributed by atoms with Gasteiger partial charge in [-0.2, -0.15) is 0 Å². The minimum atomic E-state index is 0.157. The summed E-state index contributed by atoms with van der Waals surface area (Å²) in [7, 11) is 0. The number of amides is 1. The van der Waals surface area contributed by atoms with Gasteiger partial charge in [0.05, 0.1) is 12.1 Å². The van der Waals surface area contributed by atoms with Gasteiger partial charge in [-0.3, -0.25) is 4.79 Å². The van der Waals surface area contributed by atoms with Gasteiger partial charge in [0.2, 0.25) is 5.91 Å². The van der Waals surface area contributed by atoms with Crippen LogP contribution in [-0.4, -0.2) is 42.1 Å². The zero-order valence-corrected chi connectivity index (χ0v) is 8.19. The summed E-state index contributed by atoms with van der Waals surface area (Å²) < 4.78 is 5.62. The van der Waals surface area contributed by atoms with Crippen LogP contribution < -0.4 is 5.73 Å². The molecular formula is C10H16N2O2. The van der Waals surface area contributed by atoms with Crippen LogP contribution in [0.4, 0.5) is 0 Å². The lowest BCUT2D eigenvalue weighted by Gasteiger charge is -2.49. The van der Waals surface area contributed by atoms with Gasteiger partial charge in [-0.05, 0) is 12.8 Å². The van der Waals surface area contributed by atoms with Crippen LogP contribution in [0.5, 0.6) is 0 Å². The normalized spacial score (nSPS) is 46.6. The van der Waals surface area contributed by atoms with E-state index in [1.807, 2.05) is 4.90 Å². The maximum Gasteiger partial charge on any atom is 0.223 e. The van der Waals surface area contributed by atoms with Gasteiger partial charge in [0.1, 0.15) is 0 Å². The van der Waals surface area contributed by atoms with Crippen molar-refractivity contribution in [1.82, 2.24) is 4.90 Å². The fourth-order valence-electron chi connectivity index (χ4n) is 3.09. The molecule has 0 aromatic heterocycles. The summed E-state index contributed by atoms with van der Waals surface area (Å²) in [6, 6.07) is 0.335. The second kappa shape index (κ2) is 2.94. The third kappa shape index (κ3) is 0.982. The second-order valence-electron chi connectivity index (χ2n) is 4.55. The molecule has 3 fully saturated rings. The van der Waals surface area contributed by atoms with Gasteiger partial charge in [-0.25, -0.2) is 0 Å². The molecule has 3 rings (SSSR count). The fraction of sp³-hybridized carbons (Fsp3) is 0.900. The zero-order chi connectivity index (χ0) is 9.71.